The van der Waals surface area contributed by atoms with Gasteiger partial charge in [0.2, 0.25) is 5.91 Å². The van der Waals surface area contributed by atoms with Crippen molar-refractivity contribution in [2.75, 3.05) is 7.11 Å². The van der Waals surface area contributed by atoms with Gasteiger partial charge in [-0.3, -0.25) is 14.4 Å². The van der Waals surface area contributed by atoms with Crippen LogP contribution >= 0.6 is 0 Å². The minimum atomic E-state index is -1.05. The predicted octanol–water partition coefficient (Wildman–Crippen LogP) is 3.10. The van der Waals surface area contributed by atoms with E-state index in [1.54, 1.807) is 0 Å². The van der Waals surface area contributed by atoms with Gasteiger partial charge in [0.1, 0.15) is 11.8 Å². The number of benzene rings is 2. The molecule has 37 heavy (non-hydrogen) atoms. The number of nitrogens with one attached hydrogen (secondary N) is 2. The van der Waals surface area contributed by atoms with Gasteiger partial charge in [0.05, 0.1) is 36.7 Å². The Balaban J connectivity index is 1.71. The Kier molecular flexibility index (Phi) is 9.21. The average Bonchev–Trinajstić information content (AvgIpc) is 3.56. The van der Waals surface area contributed by atoms with E-state index in [0.717, 1.165) is 5.56 Å². The number of aliphatic hydroxyl groups excluding tert-OH is 1. The first kappa shape index (κ1) is 28.1. The van der Waals surface area contributed by atoms with Gasteiger partial charge in [0.15, 0.2) is 0 Å². The van der Waals surface area contributed by atoms with Crippen LogP contribution in [-0.4, -0.2) is 54.0 Å². The van der Waals surface area contributed by atoms with E-state index >= 15 is 0 Å². The van der Waals surface area contributed by atoms with Crippen LogP contribution in [0, 0.1) is 17.8 Å². The second kappa shape index (κ2) is 12.1. The van der Waals surface area contributed by atoms with Crippen LogP contribution in [-0.2, 0) is 14.3 Å². The van der Waals surface area contributed by atoms with Crippen LogP contribution < -0.4 is 10.6 Å². The molecule has 2 aromatic rings. The molecular formula is C29H36N2O6. The highest BCUT2D eigenvalue weighted by Crippen LogP contribution is 2.46. The average molecular weight is 509 g/mol. The first-order valence-electron chi connectivity index (χ1n) is 12.6. The Bertz CT molecular complexity index is 1110. The number of ketones is 1. The van der Waals surface area contributed by atoms with Gasteiger partial charge in [0, 0.05) is 5.56 Å². The lowest BCUT2D eigenvalue weighted by atomic mass is 9.92. The summed E-state index contributed by atoms with van der Waals surface area (Å²) in [6.45, 7) is 7.63. The molecule has 1 saturated carbocycles. The Morgan fingerprint density at radius 3 is 2.05 bits per heavy atom. The van der Waals surface area contributed by atoms with Crippen molar-refractivity contribution in [3.05, 3.63) is 71.3 Å². The quantitative estimate of drug-likeness (QED) is 0.401. The first-order valence-corrected chi connectivity index (χ1v) is 12.6. The minimum Gasteiger partial charge on any atom is -0.465 e. The van der Waals surface area contributed by atoms with E-state index in [1.165, 1.54) is 31.4 Å². The number of aliphatic hydroxyl groups is 1. The number of carbonyl (C=O) groups is 4. The van der Waals surface area contributed by atoms with E-state index in [1.807, 2.05) is 58.0 Å². The third kappa shape index (κ3) is 6.83. The molecule has 198 valence electrons. The summed E-state index contributed by atoms with van der Waals surface area (Å²) in [6, 6.07) is 13.8. The maximum atomic E-state index is 13.3. The summed E-state index contributed by atoms with van der Waals surface area (Å²) >= 11 is 0. The summed E-state index contributed by atoms with van der Waals surface area (Å²) in [6.07, 6.45) is -0.670. The van der Waals surface area contributed by atoms with Gasteiger partial charge in [-0.2, -0.15) is 0 Å². The van der Waals surface area contributed by atoms with Gasteiger partial charge in [-0.25, -0.2) is 4.79 Å². The summed E-state index contributed by atoms with van der Waals surface area (Å²) in [7, 11) is 1.28. The lowest BCUT2D eigenvalue weighted by molar-refractivity contribution is -0.126. The van der Waals surface area contributed by atoms with Gasteiger partial charge in [-0.05, 0) is 48.1 Å². The van der Waals surface area contributed by atoms with Gasteiger partial charge in [0.25, 0.3) is 5.91 Å². The van der Waals surface area contributed by atoms with E-state index in [-0.39, 0.29) is 23.5 Å². The van der Waals surface area contributed by atoms with Gasteiger partial charge in [-0.1, -0.05) is 58.0 Å². The molecular weight excluding hydrogens is 472 g/mol. The number of amides is 2. The van der Waals surface area contributed by atoms with Crippen molar-refractivity contribution in [3.63, 3.8) is 0 Å². The smallest absolute Gasteiger partial charge is 0.337 e. The normalized spacial score (nSPS) is 19.2. The second-order valence-corrected chi connectivity index (χ2v) is 10.3. The molecule has 1 aliphatic rings. The molecule has 2 unspecified atom stereocenters. The summed E-state index contributed by atoms with van der Waals surface area (Å²) in [5.41, 5.74) is 1.46. The van der Waals surface area contributed by atoms with Gasteiger partial charge in [-0.15, -0.1) is 0 Å². The third-order valence-electron chi connectivity index (χ3n) is 6.70. The van der Waals surface area contributed by atoms with E-state index in [4.69, 9.17) is 0 Å². The Hall–Kier alpha value is -3.52. The lowest BCUT2D eigenvalue weighted by Gasteiger charge is -2.30. The zero-order valence-corrected chi connectivity index (χ0v) is 21.9. The number of hydrogen-bond donors (Lipinski definition) is 3. The SMILES string of the molecule is COC(=O)c1ccc(C(=O)N[C@@H](CC(C)C)C(=O)N[C@@H](C(C)C)[C@@H](O)C2C(=O)C2c2ccccc2)cc1. The van der Waals surface area contributed by atoms with Crippen LogP contribution in [0.15, 0.2) is 54.6 Å². The maximum absolute atomic E-state index is 13.3. The van der Waals surface area contributed by atoms with E-state index in [2.05, 4.69) is 15.4 Å². The van der Waals surface area contributed by atoms with E-state index in [0.29, 0.717) is 17.5 Å². The molecule has 0 aromatic heterocycles. The van der Waals surface area contributed by atoms with Crippen LogP contribution in [0.1, 0.15) is 66.3 Å². The van der Waals surface area contributed by atoms with Gasteiger partial charge >= 0.3 is 5.97 Å². The van der Waals surface area contributed by atoms with Crippen molar-refractivity contribution < 1.29 is 29.0 Å². The van der Waals surface area contributed by atoms with Crippen molar-refractivity contribution in [1.82, 2.24) is 10.6 Å². The second-order valence-electron chi connectivity index (χ2n) is 10.3. The molecule has 8 nitrogen and oxygen atoms in total. The molecule has 0 aliphatic heterocycles. The molecule has 0 bridgehead atoms. The van der Waals surface area contributed by atoms with Crippen molar-refractivity contribution >= 4 is 23.6 Å². The number of methoxy groups -OCH3 is 1. The standard InChI is InChI=1S/C29H36N2O6/c1-16(2)15-21(30-27(34)19-11-13-20(14-12-19)29(36)37-5)28(35)31-24(17(3)4)26(33)23-22(25(23)32)18-9-7-6-8-10-18/h6-14,16-17,21-24,26,33H,15H2,1-5H3,(H,30,34)(H,31,35)/t21-,22?,23?,24-,26-/m0/s1. The molecule has 0 radical (unpaired) electrons. The Labute approximate surface area is 217 Å². The molecule has 1 aliphatic carbocycles. The summed E-state index contributed by atoms with van der Waals surface area (Å²) < 4.78 is 4.68. The molecule has 2 aromatic carbocycles. The van der Waals surface area contributed by atoms with Crippen LogP contribution in [0.2, 0.25) is 0 Å². The van der Waals surface area contributed by atoms with Crippen molar-refractivity contribution in [2.45, 2.75) is 58.2 Å². The zero-order chi connectivity index (χ0) is 27.3. The van der Waals surface area contributed by atoms with Gasteiger partial charge < -0.3 is 20.5 Å². The molecule has 3 rings (SSSR count). The van der Waals surface area contributed by atoms with Crippen LogP contribution in [0.4, 0.5) is 0 Å². The summed E-state index contributed by atoms with van der Waals surface area (Å²) in [4.78, 5) is 50.5. The fourth-order valence-electron chi connectivity index (χ4n) is 4.61. The molecule has 8 heteroatoms. The van der Waals surface area contributed by atoms with Crippen molar-refractivity contribution in [1.29, 1.82) is 0 Å². The molecule has 0 heterocycles. The minimum absolute atomic E-state index is 0.0407. The zero-order valence-electron chi connectivity index (χ0n) is 21.9. The number of hydrogen-bond acceptors (Lipinski definition) is 6. The summed E-state index contributed by atoms with van der Waals surface area (Å²) in [5, 5.41) is 16.8. The van der Waals surface area contributed by atoms with Crippen LogP contribution in [0.25, 0.3) is 0 Å². The topological polar surface area (TPSA) is 122 Å². The number of ether oxygens (including phenoxy) is 1. The Morgan fingerprint density at radius 1 is 0.919 bits per heavy atom. The third-order valence-corrected chi connectivity index (χ3v) is 6.70. The molecule has 0 spiro atoms. The Morgan fingerprint density at radius 2 is 1.51 bits per heavy atom. The molecule has 0 saturated heterocycles. The number of carbonyl (C=O) groups excluding carboxylic acids is 4. The predicted molar refractivity (Wildman–Crippen MR) is 139 cm³/mol. The first-order chi connectivity index (χ1) is 17.5. The van der Waals surface area contributed by atoms with E-state index < -0.39 is 41.9 Å². The molecule has 1 fully saturated rings. The van der Waals surface area contributed by atoms with Crippen LogP contribution in [0.5, 0.6) is 0 Å². The fraction of sp³-hybridized carbons (Fsp3) is 0.448. The highest BCUT2D eigenvalue weighted by molar-refractivity contribution is 6.05. The van der Waals surface area contributed by atoms with E-state index in [9.17, 15) is 24.3 Å². The molecule has 2 amide bonds. The highest BCUT2D eigenvalue weighted by Gasteiger charge is 2.56. The molecule has 5 atom stereocenters. The number of rotatable bonds is 11. The molecule has 3 N–H and O–H groups in total. The summed E-state index contributed by atoms with van der Waals surface area (Å²) in [5.74, 6) is -2.43. The number of esters is 1. The maximum Gasteiger partial charge on any atom is 0.337 e. The lowest BCUT2D eigenvalue weighted by Crippen LogP contribution is -2.55. The largest absolute Gasteiger partial charge is 0.465 e. The van der Waals surface area contributed by atoms with Crippen LogP contribution in [0.3, 0.4) is 0 Å². The number of Topliss-reactive ketones (excluding diaryl/α,β-unsaturated/α-hetero) is 1. The van der Waals surface area contributed by atoms with Crippen molar-refractivity contribution in [3.8, 4) is 0 Å². The monoisotopic (exact) mass is 508 g/mol. The highest BCUT2D eigenvalue weighted by atomic mass is 16.5. The fourth-order valence-corrected chi connectivity index (χ4v) is 4.61. The van der Waals surface area contributed by atoms with Crippen molar-refractivity contribution in [2.24, 2.45) is 17.8 Å².